The van der Waals surface area contributed by atoms with Gasteiger partial charge in [0.1, 0.15) is 5.82 Å². The molecule has 0 aliphatic rings. The summed E-state index contributed by atoms with van der Waals surface area (Å²) in [6, 6.07) is 5.48. The third kappa shape index (κ3) is 3.40. The molecule has 0 aromatic heterocycles. The van der Waals surface area contributed by atoms with E-state index in [1.165, 1.54) is 24.3 Å². The summed E-state index contributed by atoms with van der Waals surface area (Å²) in [5.41, 5.74) is 0.256. The zero-order chi connectivity index (χ0) is 12.0. The molecule has 1 aromatic carbocycles. The van der Waals surface area contributed by atoms with Gasteiger partial charge in [-0.25, -0.2) is 4.39 Å². The van der Waals surface area contributed by atoms with Gasteiger partial charge in [0.25, 0.3) is 0 Å². The zero-order valence-corrected chi connectivity index (χ0v) is 9.40. The number of benzene rings is 1. The van der Waals surface area contributed by atoms with Crippen molar-refractivity contribution < 1.29 is 18.7 Å². The molecule has 0 bridgehead atoms. The molecule has 0 heterocycles. The highest BCUT2D eigenvalue weighted by molar-refractivity contribution is 5.98. The number of halogens is 1. The molecule has 3 nitrogen and oxygen atoms in total. The number of ether oxygens (including phenoxy) is 2. The molecular formula is C12H15FO3. The van der Waals surface area contributed by atoms with Gasteiger partial charge < -0.3 is 9.47 Å². The molecule has 0 fully saturated rings. The van der Waals surface area contributed by atoms with Crippen LogP contribution in [0.2, 0.25) is 0 Å². The van der Waals surface area contributed by atoms with Crippen molar-refractivity contribution in [2.24, 2.45) is 0 Å². The quantitative estimate of drug-likeness (QED) is 0.552. The average molecular weight is 226 g/mol. The summed E-state index contributed by atoms with van der Waals surface area (Å²) in [5.74, 6) is -0.805. The van der Waals surface area contributed by atoms with E-state index < -0.39 is 12.1 Å². The number of Topliss-reactive ketones (excluding diaryl/α,β-unsaturated/α-hetero) is 1. The molecule has 4 heteroatoms. The zero-order valence-electron chi connectivity index (χ0n) is 9.40. The minimum Gasteiger partial charge on any atom is -0.346 e. The van der Waals surface area contributed by atoms with Gasteiger partial charge in [-0.2, -0.15) is 0 Å². The standard InChI is InChI=1S/C12H15FO3/c1-3-15-12(16-4-2)11(14)9-6-5-7-10(13)8-9/h5-8,12H,3-4H2,1-2H3. The SMILES string of the molecule is CCOC(OCC)C(=O)c1cccc(F)c1. The molecule has 1 rings (SSSR count). The van der Waals surface area contributed by atoms with E-state index >= 15 is 0 Å². The van der Waals surface area contributed by atoms with Crippen LogP contribution in [0.3, 0.4) is 0 Å². The van der Waals surface area contributed by atoms with Gasteiger partial charge in [0, 0.05) is 18.8 Å². The fourth-order valence-electron chi connectivity index (χ4n) is 1.28. The van der Waals surface area contributed by atoms with Gasteiger partial charge >= 0.3 is 0 Å². The molecule has 0 radical (unpaired) electrons. The van der Waals surface area contributed by atoms with Gasteiger partial charge in [-0.15, -0.1) is 0 Å². The Kier molecular flexibility index (Phi) is 5.08. The van der Waals surface area contributed by atoms with Gasteiger partial charge in [0.2, 0.25) is 12.1 Å². The van der Waals surface area contributed by atoms with E-state index in [1.54, 1.807) is 13.8 Å². The first kappa shape index (κ1) is 12.8. The molecular weight excluding hydrogens is 211 g/mol. The Morgan fingerprint density at radius 2 is 1.94 bits per heavy atom. The largest absolute Gasteiger partial charge is 0.346 e. The van der Waals surface area contributed by atoms with Crippen molar-refractivity contribution in [2.75, 3.05) is 13.2 Å². The molecule has 0 saturated carbocycles. The van der Waals surface area contributed by atoms with Crippen molar-refractivity contribution in [3.63, 3.8) is 0 Å². The first-order chi connectivity index (χ1) is 7.69. The molecule has 0 unspecified atom stereocenters. The van der Waals surface area contributed by atoms with Crippen LogP contribution in [0.15, 0.2) is 24.3 Å². The van der Waals surface area contributed by atoms with Crippen LogP contribution in [-0.2, 0) is 9.47 Å². The summed E-state index contributed by atoms with van der Waals surface area (Å²) >= 11 is 0. The maximum absolute atomic E-state index is 12.9. The summed E-state index contributed by atoms with van der Waals surface area (Å²) < 4.78 is 23.2. The first-order valence-corrected chi connectivity index (χ1v) is 5.22. The Bertz CT molecular complexity index is 346. The number of carbonyl (C=O) groups excluding carboxylic acids is 1. The van der Waals surface area contributed by atoms with Gasteiger partial charge in [-0.05, 0) is 26.0 Å². The Morgan fingerprint density at radius 3 is 2.44 bits per heavy atom. The fourth-order valence-corrected chi connectivity index (χ4v) is 1.28. The van der Waals surface area contributed by atoms with E-state index in [9.17, 15) is 9.18 Å². The number of rotatable bonds is 6. The molecule has 0 saturated heterocycles. The Hall–Kier alpha value is -1.26. The van der Waals surface area contributed by atoms with Crippen LogP contribution in [0.4, 0.5) is 4.39 Å². The summed E-state index contributed by atoms with van der Waals surface area (Å²) in [7, 11) is 0. The molecule has 16 heavy (non-hydrogen) atoms. The van der Waals surface area contributed by atoms with Crippen molar-refractivity contribution >= 4 is 5.78 Å². The second-order valence-corrected chi connectivity index (χ2v) is 3.12. The van der Waals surface area contributed by atoms with Crippen LogP contribution >= 0.6 is 0 Å². The molecule has 0 spiro atoms. The van der Waals surface area contributed by atoms with Crippen molar-refractivity contribution in [1.82, 2.24) is 0 Å². The number of ketones is 1. The summed E-state index contributed by atoms with van der Waals surface area (Å²) in [4.78, 5) is 11.9. The second kappa shape index (κ2) is 6.35. The summed E-state index contributed by atoms with van der Waals surface area (Å²) in [6.07, 6.45) is -0.947. The lowest BCUT2D eigenvalue weighted by molar-refractivity contribution is -0.107. The monoisotopic (exact) mass is 226 g/mol. The summed E-state index contributed by atoms with van der Waals surface area (Å²) in [6.45, 7) is 4.27. The Labute approximate surface area is 94.2 Å². The topological polar surface area (TPSA) is 35.5 Å². The van der Waals surface area contributed by atoms with E-state index in [4.69, 9.17) is 9.47 Å². The molecule has 1 aromatic rings. The maximum Gasteiger partial charge on any atom is 0.222 e. The first-order valence-electron chi connectivity index (χ1n) is 5.22. The predicted octanol–water partition coefficient (Wildman–Crippen LogP) is 2.41. The molecule has 0 aliphatic heterocycles. The highest BCUT2D eigenvalue weighted by Gasteiger charge is 2.20. The van der Waals surface area contributed by atoms with Crippen molar-refractivity contribution in [3.8, 4) is 0 Å². The van der Waals surface area contributed by atoms with E-state index in [2.05, 4.69) is 0 Å². The average Bonchev–Trinajstić information content (AvgIpc) is 2.28. The highest BCUT2D eigenvalue weighted by atomic mass is 19.1. The van der Waals surface area contributed by atoms with E-state index in [-0.39, 0.29) is 11.3 Å². The van der Waals surface area contributed by atoms with Crippen LogP contribution in [0.5, 0.6) is 0 Å². The maximum atomic E-state index is 12.9. The predicted molar refractivity (Wildman–Crippen MR) is 57.8 cm³/mol. The molecule has 0 atom stereocenters. The Balaban J connectivity index is 2.81. The van der Waals surface area contributed by atoms with Crippen LogP contribution in [0, 0.1) is 5.82 Å². The van der Waals surface area contributed by atoms with Crippen LogP contribution in [0.25, 0.3) is 0 Å². The lowest BCUT2D eigenvalue weighted by Crippen LogP contribution is -2.27. The normalized spacial score (nSPS) is 10.8. The smallest absolute Gasteiger partial charge is 0.222 e. The fraction of sp³-hybridized carbons (Fsp3) is 0.417. The van der Waals surface area contributed by atoms with Crippen LogP contribution in [-0.4, -0.2) is 25.3 Å². The van der Waals surface area contributed by atoms with E-state index in [0.29, 0.717) is 13.2 Å². The highest BCUT2D eigenvalue weighted by Crippen LogP contribution is 2.09. The molecule has 0 amide bonds. The third-order valence-corrected chi connectivity index (χ3v) is 1.96. The molecule has 0 N–H and O–H groups in total. The van der Waals surface area contributed by atoms with Gasteiger partial charge in [-0.1, -0.05) is 12.1 Å². The minimum absolute atomic E-state index is 0.256. The van der Waals surface area contributed by atoms with E-state index in [1.807, 2.05) is 0 Å². The number of hydrogen-bond acceptors (Lipinski definition) is 3. The molecule has 88 valence electrons. The van der Waals surface area contributed by atoms with Crippen LogP contribution in [0.1, 0.15) is 24.2 Å². The van der Waals surface area contributed by atoms with Crippen LogP contribution < -0.4 is 0 Å². The summed E-state index contributed by atoms with van der Waals surface area (Å²) in [5, 5.41) is 0. The van der Waals surface area contributed by atoms with Gasteiger partial charge in [0.05, 0.1) is 0 Å². The molecule has 0 aliphatic carbocycles. The van der Waals surface area contributed by atoms with Crippen molar-refractivity contribution in [1.29, 1.82) is 0 Å². The van der Waals surface area contributed by atoms with E-state index in [0.717, 1.165) is 0 Å². The van der Waals surface area contributed by atoms with Gasteiger partial charge in [-0.3, -0.25) is 4.79 Å². The third-order valence-electron chi connectivity index (χ3n) is 1.96. The second-order valence-electron chi connectivity index (χ2n) is 3.12. The number of carbonyl (C=O) groups is 1. The van der Waals surface area contributed by atoms with Crippen molar-refractivity contribution in [3.05, 3.63) is 35.6 Å². The minimum atomic E-state index is -0.947. The number of hydrogen-bond donors (Lipinski definition) is 0. The lowest BCUT2D eigenvalue weighted by atomic mass is 10.1. The Morgan fingerprint density at radius 1 is 1.31 bits per heavy atom. The van der Waals surface area contributed by atoms with Crippen molar-refractivity contribution in [2.45, 2.75) is 20.1 Å². The lowest BCUT2D eigenvalue weighted by Gasteiger charge is -2.15. The van der Waals surface area contributed by atoms with Gasteiger partial charge in [0.15, 0.2) is 0 Å².